The van der Waals surface area contributed by atoms with E-state index in [1.54, 1.807) is 13.0 Å². The number of aliphatic hydroxyl groups excluding tert-OH is 1. The predicted octanol–water partition coefficient (Wildman–Crippen LogP) is 3.64. The van der Waals surface area contributed by atoms with Gasteiger partial charge in [0.15, 0.2) is 0 Å². The van der Waals surface area contributed by atoms with E-state index in [0.717, 1.165) is 11.1 Å². The number of ether oxygens (including phenoxy) is 1. The van der Waals surface area contributed by atoms with Gasteiger partial charge in [-0.15, -0.1) is 0 Å². The third kappa shape index (κ3) is 3.32. The summed E-state index contributed by atoms with van der Waals surface area (Å²) in [6, 6.07) is 13.7. The molecule has 0 saturated heterocycles. The van der Waals surface area contributed by atoms with Gasteiger partial charge in [-0.3, -0.25) is 0 Å². The molecule has 2 rings (SSSR count). The first-order valence-electron chi connectivity index (χ1n) is 6.24. The summed E-state index contributed by atoms with van der Waals surface area (Å²) < 4.78 is 18.8. The van der Waals surface area contributed by atoms with E-state index in [0.29, 0.717) is 5.75 Å². The predicted molar refractivity (Wildman–Crippen MR) is 72.6 cm³/mol. The molecule has 0 spiro atoms. The van der Waals surface area contributed by atoms with Crippen LogP contribution in [0.4, 0.5) is 4.39 Å². The van der Waals surface area contributed by atoms with Crippen LogP contribution < -0.4 is 4.74 Å². The molecule has 2 aromatic rings. The highest BCUT2D eigenvalue weighted by atomic mass is 19.1. The van der Waals surface area contributed by atoms with Gasteiger partial charge in [0.2, 0.25) is 0 Å². The zero-order valence-electron chi connectivity index (χ0n) is 11.0. The summed E-state index contributed by atoms with van der Waals surface area (Å²) in [4.78, 5) is 0. The number of hydrogen-bond acceptors (Lipinski definition) is 2. The lowest BCUT2D eigenvalue weighted by molar-refractivity contribution is 0.0462. The van der Waals surface area contributed by atoms with Gasteiger partial charge >= 0.3 is 0 Å². The monoisotopic (exact) mass is 260 g/mol. The molecule has 0 bridgehead atoms. The quantitative estimate of drug-likeness (QED) is 0.909. The number of halogens is 1. The summed E-state index contributed by atoms with van der Waals surface area (Å²) in [5.41, 5.74) is 1.62. The highest BCUT2D eigenvalue weighted by Gasteiger charge is 2.18. The molecule has 0 aliphatic rings. The van der Waals surface area contributed by atoms with Crippen LogP contribution in [-0.2, 0) is 0 Å². The number of aliphatic hydroxyl groups is 1. The average Bonchev–Trinajstić information content (AvgIpc) is 2.43. The van der Waals surface area contributed by atoms with Crippen LogP contribution in [0.25, 0.3) is 0 Å². The second-order valence-electron chi connectivity index (χ2n) is 4.59. The van der Waals surface area contributed by atoms with Gasteiger partial charge < -0.3 is 9.84 Å². The molecule has 19 heavy (non-hydrogen) atoms. The van der Waals surface area contributed by atoms with Crippen LogP contribution in [0.15, 0.2) is 48.5 Å². The molecule has 3 heteroatoms. The van der Waals surface area contributed by atoms with Crippen molar-refractivity contribution in [3.8, 4) is 5.75 Å². The van der Waals surface area contributed by atoms with E-state index in [9.17, 15) is 9.50 Å². The zero-order chi connectivity index (χ0) is 13.8. The molecular formula is C16H17FO2. The van der Waals surface area contributed by atoms with Gasteiger partial charge in [-0.1, -0.05) is 36.4 Å². The number of benzene rings is 2. The van der Waals surface area contributed by atoms with E-state index in [-0.39, 0.29) is 5.82 Å². The molecule has 0 aliphatic heterocycles. The van der Waals surface area contributed by atoms with Crippen molar-refractivity contribution in [1.82, 2.24) is 0 Å². The lowest BCUT2D eigenvalue weighted by atomic mass is 10.1. The van der Waals surface area contributed by atoms with Crippen LogP contribution in [0, 0.1) is 12.7 Å². The van der Waals surface area contributed by atoms with Crippen LogP contribution >= 0.6 is 0 Å². The second kappa shape index (κ2) is 5.85. The molecule has 0 aliphatic carbocycles. The van der Waals surface area contributed by atoms with Crippen LogP contribution in [0.3, 0.4) is 0 Å². The molecule has 0 fully saturated rings. The minimum Gasteiger partial charge on any atom is -0.487 e. The molecule has 0 aromatic heterocycles. The van der Waals surface area contributed by atoms with Crippen molar-refractivity contribution in [3.05, 3.63) is 65.5 Å². The van der Waals surface area contributed by atoms with E-state index >= 15 is 0 Å². The van der Waals surface area contributed by atoms with Gasteiger partial charge in [0.1, 0.15) is 23.8 Å². The van der Waals surface area contributed by atoms with Crippen molar-refractivity contribution >= 4 is 0 Å². The highest BCUT2D eigenvalue weighted by molar-refractivity contribution is 5.33. The SMILES string of the molecule is Cc1ccc(F)cc1OC(C)C(O)c1ccccc1. The zero-order valence-corrected chi connectivity index (χ0v) is 11.0. The number of aryl methyl sites for hydroxylation is 1. The minimum absolute atomic E-state index is 0.345. The number of rotatable bonds is 4. The summed E-state index contributed by atoms with van der Waals surface area (Å²) in [5, 5.41) is 10.2. The molecule has 2 aromatic carbocycles. The molecule has 2 atom stereocenters. The second-order valence-corrected chi connectivity index (χ2v) is 4.59. The lowest BCUT2D eigenvalue weighted by Gasteiger charge is -2.22. The number of hydrogen-bond donors (Lipinski definition) is 1. The Morgan fingerprint density at radius 1 is 1.11 bits per heavy atom. The van der Waals surface area contributed by atoms with Gasteiger partial charge in [0, 0.05) is 6.07 Å². The van der Waals surface area contributed by atoms with Crippen molar-refractivity contribution in [2.45, 2.75) is 26.1 Å². The Balaban J connectivity index is 2.12. The highest BCUT2D eigenvalue weighted by Crippen LogP contribution is 2.25. The van der Waals surface area contributed by atoms with Gasteiger partial charge in [-0.2, -0.15) is 0 Å². The molecule has 100 valence electrons. The maximum absolute atomic E-state index is 13.2. The fourth-order valence-electron chi connectivity index (χ4n) is 1.89. The lowest BCUT2D eigenvalue weighted by Crippen LogP contribution is -2.22. The topological polar surface area (TPSA) is 29.5 Å². The van der Waals surface area contributed by atoms with Crippen molar-refractivity contribution in [1.29, 1.82) is 0 Å². The summed E-state index contributed by atoms with van der Waals surface area (Å²) in [5.74, 6) is 0.115. The third-order valence-electron chi connectivity index (χ3n) is 3.05. The van der Waals surface area contributed by atoms with E-state index in [2.05, 4.69) is 0 Å². The summed E-state index contributed by atoms with van der Waals surface area (Å²) >= 11 is 0. The van der Waals surface area contributed by atoms with E-state index in [1.807, 2.05) is 37.3 Å². The normalized spacial score (nSPS) is 13.9. The van der Waals surface area contributed by atoms with Crippen LogP contribution in [0.5, 0.6) is 5.75 Å². The van der Waals surface area contributed by atoms with Crippen LogP contribution in [-0.4, -0.2) is 11.2 Å². The van der Waals surface area contributed by atoms with Crippen molar-refractivity contribution < 1.29 is 14.2 Å². The van der Waals surface area contributed by atoms with Crippen LogP contribution in [0.1, 0.15) is 24.2 Å². The average molecular weight is 260 g/mol. The maximum atomic E-state index is 13.2. The van der Waals surface area contributed by atoms with Gasteiger partial charge in [0.05, 0.1) is 0 Å². The Hall–Kier alpha value is -1.87. The first-order valence-corrected chi connectivity index (χ1v) is 6.24. The third-order valence-corrected chi connectivity index (χ3v) is 3.05. The smallest absolute Gasteiger partial charge is 0.126 e. The Morgan fingerprint density at radius 2 is 1.79 bits per heavy atom. The first-order chi connectivity index (χ1) is 9.08. The van der Waals surface area contributed by atoms with Crippen molar-refractivity contribution in [3.63, 3.8) is 0 Å². The molecule has 0 radical (unpaired) electrons. The Morgan fingerprint density at radius 3 is 2.47 bits per heavy atom. The van der Waals surface area contributed by atoms with E-state index < -0.39 is 12.2 Å². The van der Waals surface area contributed by atoms with Crippen LogP contribution in [0.2, 0.25) is 0 Å². The molecule has 0 saturated carbocycles. The van der Waals surface area contributed by atoms with Gasteiger partial charge in [-0.05, 0) is 31.0 Å². The standard InChI is InChI=1S/C16H17FO2/c1-11-8-9-14(17)10-15(11)19-12(2)16(18)13-6-4-3-5-7-13/h3-10,12,16,18H,1-2H3. The Bertz CT molecular complexity index is 540. The van der Waals surface area contributed by atoms with E-state index in [4.69, 9.17) is 4.74 Å². The largest absolute Gasteiger partial charge is 0.487 e. The summed E-state index contributed by atoms with van der Waals surface area (Å²) in [6.45, 7) is 3.61. The molecule has 1 N–H and O–H groups in total. The van der Waals surface area contributed by atoms with Crippen molar-refractivity contribution in [2.24, 2.45) is 0 Å². The summed E-state index contributed by atoms with van der Waals surface area (Å²) in [7, 11) is 0. The Labute approximate surface area is 112 Å². The molecule has 0 amide bonds. The fourth-order valence-corrected chi connectivity index (χ4v) is 1.89. The molecule has 2 nitrogen and oxygen atoms in total. The summed E-state index contributed by atoms with van der Waals surface area (Å²) in [6.07, 6.45) is -1.20. The van der Waals surface area contributed by atoms with Gasteiger partial charge in [-0.25, -0.2) is 4.39 Å². The molecule has 0 heterocycles. The first kappa shape index (κ1) is 13.6. The fraction of sp³-hybridized carbons (Fsp3) is 0.250. The molecule has 2 unspecified atom stereocenters. The Kier molecular flexibility index (Phi) is 4.17. The maximum Gasteiger partial charge on any atom is 0.126 e. The molecular weight excluding hydrogens is 243 g/mol. The van der Waals surface area contributed by atoms with Crippen molar-refractivity contribution in [2.75, 3.05) is 0 Å². The van der Waals surface area contributed by atoms with Gasteiger partial charge in [0.25, 0.3) is 0 Å². The minimum atomic E-state index is -0.746. The van der Waals surface area contributed by atoms with E-state index in [1.165, 1.54) is 12.1 Å².